The molecule has 0 aliphatic rings. The SMILES string of the molecule is COc1ccc(-c2csc(NC(=O)C(C)Sc3cccc(NC(=O)c4cccc5cccc(C(=O)O)c45)c3)n2)cc1. The summed E-state index contributed by atoms with van der Waals surface area (Å²) >= 11 is 2.70. The predicted molar refractivity (Wildman–Crippen MR) is 163 cm³/mol. The number of carbonyl (C=O) groups is 3. The number of thioether (sulfide) groups is 1. The lowest BCUT2D eigenvalue weighted by molar-refractivity contribution is -0.115. The van der Waals surface area contributed by atoms with Gasteiger partial charge >= 0.3 is 5.97 Å². The number of carboxylic acid groups (broad SMARTS) is 1. The van der Waals surface area contributed by atoms with E-state index in [2.05, 4.69) is 15.6 Å². The summed E-state index contributed by atoms with van der Waals surface area (Å²) in [6, 6.07) is 24.7. The Morgan fingerprint density at radius 3 is 2.34 bits per heavy atom. The Bertz CT molecular complexity index is 1750. The number of hydrogen-bond donors (Lipinski definition) is 3. The molecule has 2 amide bonds. The second-order valence-electron chi connectivity index (χ2n) is 9.01. The zero-order valence-electron chi connectivity index (χ0n) is 22.1. The number of carbonyl (C=O) groups excluding carboxylic acids is 2. The van der Waals surface area contributed by atoms with Crippen molar-refractivity contribution in [1.82, 2.24) is 4.98 Å². The van der Waals surface area contributed by atoms with Crippen LogP contribution in [0.4, 0.5) is 10.8 Å². The van der Waals surface area contributed by atoms with Crippen LogP contribution in [0.2, 0.25) is 0 Å². The minimum Gasteiger partial charge on any atom is -0.497 e. The first-order chi connectivity index (χ1) is 19.8. The fourth-order valence-corrected chi connectivity index (χ4v) is 5.89. The molecular weight excluding hydrogens is 558 g/mol. The number of rotatable bonds is 9. The van der Waals surface area contributed by atoms with Gasteiger partial charge in [0.25, 0.3) is 5.91 Å². The smallest absolute Gasteiger partial charge is 0.336 e. The lowest BCUT2D eigenvalue weighted by Gasteiger charge is -2.13. The molecular formula is C31H25N3O5S2. The summed E-state index contributed by atoms with van der Waals surface area (Å²) in [5.41, 5.74) is 2.55. The Kier molecular flexibility index (Phi) is 8.32. The highest BCUT2D eigenvalue weighted by Gasteiger charge is 2.19. The molecule has 0 aliphatic carbocycles. The number of anilines is 2. The molecule has 10 heteroatoms. The molecule has 1 unspecified atom stereocenters. The monoisotopic (exact) mass is 583 g/mol. The third kappa shape index (κ3) is 6.40. The molecule has 4 aromatic carbocycles. The van der Waals surface area contributed by atoms with Gasteiger partial charge in [0, 0.05) is 32.5 Å². The molecule has 8 nitrogen and oxygen atoms in total. The van der Waals surface area contributed by atoms with E-state index in [9.17, 15) is 19.5 Å². The maximum atomic E-state index is 13.2. The normalized spacial score (nSPS) is 11.6. The highest BCUT2D eigenvalue weighted by atomic mass is 32.2. The van der Waals surface area contributed by atoms with E-state index in [1.807, 2.05) is 35.7 Å². The molecule has 0 fully saturated rings. The Morgan fingerprint density at radius 2 is 1.63 bits per heavy atom. The van der Waals surface area contributed by atoms with Crippen LogP contribution in [0.1, 0.15) is 27.6 Å². The van der Waals surface area contributed by atoms with Crippen molar-refractivity contribution >= 4 is 62.5 Å². The van der Waals surface area contributed by atoms with Gasteiger partial charge in [-0.15, -0.1) is 23.1 Å². The summed E-state index contributed by atoms with van der Waals surface area (Å²) in [6.45, 7) is 1.80. The van der Waals surface area contributed by atoms with Gasteiger partial charge in [0.2, 0.25) is 5.91 Å². The number of nitrogens with zero attached hydrogens (tertiary/aromatic N) is 1. The molecule has 5 aromatic rings. The van der Waals surface area contributed by atoms with Crippen molar-refractivity contribution in [2.45, 2.75) is 17.1 Å². The van der Waals surface area contributed by atoms with Crippen LogP contribution in [-0.2, 0) is 4.79 Å². The van der Waals surface area contributed by atoms with Crippen molar-refractivity contribution in [1.29, 1.82) is 0 Å². The summed E-state index contributed by atoms with van der Waals surface area (Å²) in [4.78, 5) is 43.2. The van der Waals surface area contributed by atoms with Crippen molar-refractivity contribution in [2.24, 2.45) is 0 Å². The summed E-state index contributed by atoms with van der Waals surface area (Å²) < 4.78 is 5.19. The van der Waals surface area contributed by atoms with Gasteiger partial charge in [0.15, 0.2) is 5.13 Å². The number of methoxy groups -OCH3 is 1. The summed E-state index contributed by atoms with van der Waals surface area (Å²) in [6.07, 6.45) is 0. The number of amides is 2. The molecule has 0 bridgehead atoms. The first-order valence-electron chi connectivity index (χ1n) is 12.6. The minimum atomic E-state index is -1.10. The van der Waals surface area contributed by atoms with Crippen LogP contribution in [0, 0.1) is 0 Å². The molecule has 0 spiro atoms. The summed E-state index contributed by atoms with van der Waals surface area (Å²) in [7, 11) is 1.61. The lowest BCUT2D eigenvalue weighted by Crippen LogP contribution is -2.22. The number of nitrogens with one attached hydrogen (secondary N) is 2. The fourth-order valence-electron chi connectivity index (χ4n) is 4.24. The molecule has 41 heavy (non-hydrogen) atoms. The number of aromatic carboxylic acids is 1. The van der Waals surface area contributed by atoms with Gasteiger partial charge in [-0.3, -0.25) is 9.59 Å². The molecule has 1 atom stereocenters. The average Bonchev–Trinajstić information content (AvgIpc) is 3.45. The average molecular weight is 584 g/mol. The number of carboxylic acids is 1. The van der Waals surface area contributed by atoms with Gasteiger partial charge in [-0.1, -0.05) is 30.3 Å². The molecule has 0 aliphatic heterocycles. The molecule has 206 valence electrons. The number of thiazole rings is 1. The molecule has 0 saturated heterocycles. The predicted octanol–water partition coefficient (Wildman–Crippen LogP) is 7.04. The van der Waals surface area contributed by atoms with Crippen LogP contribution in [0.15, 0.2) is 95.2 Å². The first kappa shape index (κ1) is 27.9. The van der Waals surface area contributed by atoms with E-state index in [1.165, 1.54) is 29.2 Å². The number of ether oxygens (including phenoxy) is 1. The molecule has 3 N–H and O–H groups in total. The van der Waals surface area contributed by atoms with Crippen LogP contribution in [0.3, 0.4) is 0 Å². The van der Waals surface area contributed by atoms with Crippen LogP contribution in [-0.4, -0.2) is 40.2 Å². The number of fused-ring (bicyclic) bond motifs is 1. The third-order valence-corrected chi connectivity index (χ3v) is 8.13. The molecule has 0 radical (unpaired) electrons. The lowest BCUT2D eigenvalue weighted by atomic mass is 9.98. The van der Waals surface area contributed by atoms with Crippen molar-refractivity contribution in [2.75, 3.05) is 17.7 Å². The van der Waals surface area contributed by atoms with E-state index < -0.39 is 17.1 Å². The van der Waals surface area contributed by atoms with Gasteiger partial charge in [-0.05, 0) is 66.9 Å². The van der Waals surface area contributed by atoms with Gasteiger partial charge in [0.1, 0.15) is 5.75 Å². The Morgan fingerprint density at radius 1 is 0.927 bits per heavy atom. The molecule has 1 aromatic heterocycles. The third-order valence-electron chi connectivity index (χ3n) is 6.27. The number of aromatic nitrogens is 1. The van der Waals surface area contributed by atoms with Crippen LogP contribution < -0.4 is 15.4 Å². The van der Waals surface area contributed by atoms with E-state index in [0.29, 0.717) is 21.6 Å². The van der Waals surface area contributed by atoms with Crippen molar-refractivity contribution in [3.05, 3.63) is 101 Å². The maximum Gasteiger partial charge on any atom is 0.336 e. The standard InChI is InChI=1S/C31H25N3O5S2/c1-18(28(35)34-31-33-26(17-40-31)19-12-14-22(39-2)15-13-19)41-23-9-5-8-21(16-23)32-29(36)24-10-3-6-20-7-4-11-25(27(20)24)30(37)38/h3-18H,1-2H3,(H,32,36)(H,37,38)(H,33,34,35). The van der Waals surface area contributed by atoms with Crippen molar-refractivity contribution in [3.8, 4) is 17.0 Å². The van der Waals surface area contributed by atoms with E-state index in [0.717, 1.165) is 21.9 Å². The fraction of sp³-hybridized carbons (Fsp3) is 0.0968. The summed E-state index contributed by atoms with van der Waals surface area (Å²) in [5.74, 6) is -0.963. The minimum absolute atomic E-state index is 0.0637. The highest BCUT2D eigenvalue weighted by molar-refractivity contribution is 8.00. The van der Waals surface area contributed by atoms with Crippen LogP contribution in [0.25, 0.3) is 22.0 Å². The Labute approximate surface area is 244 Å². The van der Waals surface area contributed by atoms with Crippen molar-refractivity contribution < 1.29 is 24.2 Å². The first-order valence-corrected chi connectivity index (χ1v) is 14.3. The van der Waals surface area contributed by atoms with Crippen molar-refractivity contribution in [3.63, 3.8) is 0 Å². The van der Waals surface area contributed by atoms with Crippen LogP contribution in [0.5, 0.6) is 5.75 Å². The zero-order valence-corrected chi connectivity index (χ0v) is 23.7. The largest absolute Gasteiger partial charge is 0.497 e. The second-order valence-corrected chi connectivity index (χ2v) is 11.3. The van der Waals surface area contributed by atoms with Gasteiger partial charge in [0.05, 0.1) is 23.6 Å². The van der Waals surface area contributed by atoms with Gasteiger partial charge in [-0.25, -0.2) is 9.78 Å². The zero-order chi connectivity index (χ0) is 28.9. The highest BCUT2D eigenvalue weighted by Crippen LogP contribution is 2.30. The molecule has 5 rings (SSSR count). The molecule has 1 heterocycles. The number of benzene rings is 4. The maximum absolute atomic E-state index is 13.2. The van der Waals surface area contributed by atoms with Crippen LogP contribution >= 0.6 is 23.1 Å². The Balaban J connectivity index is 1.25. The van der Waals surface area contributed by atoms with E-state index >= 15 is 0 Å². The van der Waals surface area contributed by atoms with E-state index in [-0.39, 0.29) is 17.0 Å². The second kappa shape index (κ2) is 12.2. The number of hydrogen-bond acceptors (Lipinski definition) is 7. The Hall–Kier alpha value is -4.67. The van der Waals surface area contributed by atoms with Gasteiger partial charge < -0.3 is 20.5 Å². The van der Waals surface area contributed by atoms with E-state index in [1.54, 1.807) is 62.6 Å². The van der Waals surface area contributed by atoms with Gasteiger partial charge in [-0.2, -0.15) is 0 Å². The molecule has 0 saturated carbocycles. The summed E-state index contributed by atoms with van der Waals surface area (Å²) in [5, 5.41) is 18.4. The van der Waals surface area contributed by atoms with E-state index in [4.69, 9.17) is 4.74 Å². The topological polar surface area (TPSA) is 118 Å². The quantitative estimate of drug-likeness (QED) is 0.159.